The average Bonchev–Trinajstić information content (AvgIpc) is 3.11. The largest absolute Gasteiger partial charge is 0.339 e. The molecule has 2 aliphatic rings. The molecule has 1 aliphatic carbocycles. The lowest BCUT2D eigenvalue weighted by atomic mass is 9.79. The summed E-state index contributed by atoms with van der Waals surface area (Å²) in [5.74, 6) is 2.28. The van der Waals surface area contributed by atoms with Crippen molar-refractivity contribution in [3.63, 3.8) is 0 Å². The topological polar surface area (TPSA) is 63.0 Å². The lowest BCUT2D eigenvalue weighted by molar-refractivity contribution is 0.214. The fourth-order valence-corrected chi connectivity index (χ4v) is 3.78. The molecule has 0 bridgehead atoms. The molecule has 0 spiro atoms. The van der Waals surface area contributed by atoms with E-state index in [4.69, 9.17) is 4.52 Å². The van der Waals surface area contributed by atoms with Gasteiger partial charge in [-0.25, -0.2) is 0 Å². The first-order chi connectivity index (χ1) is 9.83. The maximum Gasteiger partial charge on any atom is 0.227 e. The molecule has 5 nitrogen and oxygen atoms in total. The number of rotatable bonds is 5. The normalized spacial score (nSPS) is 30.8. The van der Waals surface area contributed by atoms with Gasteiger partial charge in [-0.3, -0.25) is 0 Å². The number of hydrogen-bond acceptors (Lipinski definition) is 5. The number of aryl methyl sites for hydroxylation is 1. The number of nitrogens with one attached hydrogen (secondary N) is 2. The lowest BCUT2D eigenvalue weighted by Gasteiger charge is -2.36. The predicted molar refractivity (Wildman–Crippen MR) is 77.5 cm³/mol. The number of hydrogen-bond donors (Lipinski definition) is 2. The highest BCUT2D eigenvalue weighted by molar-refractivity contribution is 4.92. The summed E-state index contributed by atoms with van der Waals surface area (Å²) in [5.41, 5.74) is 0. The van der Waals surface area contributed by atoms with Crippen molar-refractivity contribution in [3.8, 4) is 0 Å². The van der Waals surface area contributed by atoms with Gasteiger partial charge in [-0.2, -0.15) is 4.98 Å². The monoisotopic (exact) mass is 278 g/mol. The van der Waals surface area contributed by atoms with E-state index < -0.39 is 0 Å². The highest BCUT2D eigenvalue weighted by Gasteiger charge is 2.32. The molecular formula is C15H26N4O. The van der Waals surface area contributed by atoms with Crippen molar-refractivity contribution in [1.29, 1.82) is 0 Å². The van der Waals surface area contributed by atoms with E-state index in [0.717, 1.165) is 36.6 Å². The van der Waals surface area contributed by atoms with Gasteiger partial charge in [-0.15, -0.1) is 0 Å². The zero-order valence-corrected chi connectivity index (χ0v) is 12.4. The average molecular weight is 278 g/mol. The van der Waals surface area contributed by atoms with Crippen LogP contribution in [0.4, 0.5) is 0 Å². The van der Waals surface area contributed by atoms with Crippen molar-refractivity contribution >= 4 is 0 Å². The molecule has 1 saturated carbocycles. The molecule has 0 aromatic carbocycles. The van der Waals surface area contributed by atoms with E-state index in [1.54, 1.807) is 0 Å². The van der Waals surface area contributed by atoms with Crippen molar-refractivity contribution in [3.05, 3.63) is 11.7 Å². The molecule has 3 atom stereocenters. The van der Waals surface area contributed by atoms with Crippen LogP contribution >= 0.6 is 0 Å². The molecule has 5 heteroatoms. The fourth-order valence-electron chi connectivity index (χ4n) is 3.78. The highest BCUT2D eigenvalue weighted by Crippen LogP contribution is 2.30. The van der Waals surface area contributed by atoms with E-state index >= 15 is 0 Å². The third kappa shape index (κ3) is 3.38. The molecule has 0 amide bonds. The van der Waals surface area contributed by atoms with Gasteiger partial charge in [0.05, 0.1) is 0 Å². The summed E-state index contributed by atoms with van der Waals surface area (Å²) in [6.45, 7) is 4.01. The zero-order valence-electron chi connectivity index (χ0n) is 12.4. The summed E-state index contributed by atoms with van der Waals surface area (Å²) in [6.07, 6.45) is 8.97. The molecule has 2 N–H and O–H groups in total. The summed E-state index contributed by atoms with van der Waals surface area (Å²) < 4.78 is 5.17. The van der Waals surface area contributed by atoms with Crippen LogP contribution in [0.1, 0.15) is 50.2 Å². The van der Waals surface area contributed by atoms with Gasteiger partial charge in [0.25, 0.3) is 0 Å². The molecule has 1 aromatic rings. The molecule has 2 fully saturated rings. The minimum atomic E-state index is 0.656. The smallest absolute Gasteiger partial charge is 0.227 e. The molecule has 3 unspecified atom stereocenters. The molecule has 20 heavy (non-hydrogen) atoms. The Morgan fingerprint density at radius 2 is 2.15 bits per heavy atom. The first-order valence-electron chi connectivity index (χ1n) is 8.09. The van der Waals surface area contributed by atoms with E-state index in [9.17, 15) is 0 Å². The summed E-state index contributed by atoms with van der Waals surface area (Å²) in [5, 5.41) is 11.3. The Hall–Kier alpha value is -0.940. The Bertz CT molecular complexity index is 414. The lowest BCUT2D eigenvalue weighted by Crippen LogP contribution is -2.47. The molecule has 3 rings (SSSR count). The van der Waals surface area contributed by atoms with Gasteiger partial charge in [-0.1, -0.05) is 18.0 Å². The van der Waals surface area contributed by atoms with Gasteiger partial charge in [0.2, 0.25) is 5.89 Å². The Morgan fingerprint density at radius 1 is 1.25 bits per heavy atom. The summed E-state index contributed by atoms with van der Waals surface area (Å²) in [4.78, 5) is 4.26. The second-order valence-corrected chi connectivity index (χ2v) is 6.20. The SMILES string of the molecule is Cc1noc(CCNC2CCCCC2C2CCCN2)n1. The van der Waals surface area contributed by atoms with Crippen molar-refractivity contribution in [1.82, 2.24) is 20.8 Å². The van der Waals surface area contributed by atoms with Crippen LogP contribution in [-0.2, 0) is 6.42 Å². The van der Waals surface area contributed by atoms with Gasteiger partial charge >= 0.3 is 0 Å². The fraction of sp³-hybridized carbons (Fsp3) is 0.867. The van der Waals surface area contributed by atoms with E-state index in [-0.39, 0.29) is 0 Å². The summed E-state index contributed by atoms with van der Waals surface area (Å²) in [6, 6.07) is 1.39. The van der Waals surface area contributed by atoms with Crippen LogP contribution in [0.25, 0.3) is 0 Å². The first kappa shape index (κ1) is 14.0. The van der Waals surface area contributed by atoms with Gasteiger partial charge in [0, 0.05) is 25.0 Å². The zero-order chi connectivity index (χ0) is 13.8. The quantitative estimate of drug-likeness (QED) is 0.860. The van der Waals surface area contributed by atoms with Gasteiger partial charge < -0.3 is 15.2 Å². The van der Waals surface area contributed by atoms with E-state index in [2.05, 4.69) is 20.8 Å². The van der Waals surface area contributed by atoms with E-state index in [1.165, 1.54) is 45.1 Å². The van der Waals surface area contributed by atoms with Crippen molar-refractivity contribution < 1.29 is 4.52 Å². The molecule has 1 aliphatic heterocycles. The van der Waals surface area contributed by atoms with E-state index in [0.29, 0.717) is 6.04 Å². The first-order valence-corrected chi connectivity index (χ1v) is 8.09. The molecule has 1 aromatic heterocycles. The Kier molecular flexibility index (Phi) is 4.68. The molecule has 1 saturated heterocycles. The van der Waals surface area contributed by atoms with Crippen LogP contribution in [0, 0.1) is 12.8 Å². The van der Waals surface area contributed by atoms with Gasteiger partial charge in [0.15, 0.2) is 5.82 Å². The minimum Gasteiger partial charge on any atom is -0.339 e. The summed E-state index contributed by atoms with van der Waals surface area (Å²) in [7, 11) is 0. The van der Waals surface area contributed by atoms with Crippen LogP contribution < -0.4 is 10.6 Å². The highest BCUT2D eigenvalue weighted by atomic mass is 16.5. The second-order valence-electron chi connectivity index (χ2n) is 6.20. The molecule has 112 valence electrons. The molecular weight excluding hydrogens is 252 g/mol. The van der Waals surface area contributed by atoms with Crippen LogP contribution in [-0.4, -0.2) is 35.3 Å². The number of nitrogens with zero attached hydrogens (tertiary/aromatic N) is 2. The molecule has 0 radical (unpaired) electrons. The second kappa shape index (κ2) is 6.68. The van der Waals surface area contributed by atoms with Crippen molar-refractivity contribution in [2.45, 2.75) is 64.0 Å². The minimum absolute atomic E-state index is 0.656. The van der Waals surface area contributed by atoms with Gasteiger partial charge in [0.1, 0.15) is 0 Å². The maximum atomic E-state index is 5.17. The van der Waals surface area contributed by atoms with Crippen LogP contribution in [0.15, 0.2) is 4.52 Å². The third-order valence-corrected chi connectivity index (χ3v) is 4.75. The Balaban J connectivity index is 1.49. The van der Waals surface area contributed by atoms with Crippen LogP contribution in [0.3, 0.4) is 0 Å². The van der Waals surface area contributed by atoms with Crippen molar-refractivity contribution in [2.24, 2.45) is 5.92 Å². The van der Waals surface area contributed by atoms with E-state index in [1.807, 2.05) is 6.92 Å². The van der Waals surface area contributed by atoms with Crippen LogP contribution in [0.2, 0.25) is 0 Å². The van der Waals surface area contributed by atoms with Gasteiger partial charge in [-0.05, 0) is 45.1 Å². The van der Waals surface area contributed by atoms with Crippen LogP contribution in [0.5, 0.6) is 0 Å². The van der Waals surface area contributed by atoms with Crippen molar-refractivity contribution in [2.75, 3.05) is 13.1 Å². The Labute approximate surface area is 120 Å². The Morgan fingerprint density at radius 3 is 2.90 bits per heavy atom. The summed E-state index contributed by atoms with van der Waals surface area (Å²) >= 11 is 0. The number of aromatic nitrogens is 2. The maximum absolute atomic E-state index is 5.17. The third-order valence-electron chi connectivity index (χ3n) is 4.75. The standard InChI is InChI=1S/C15H26N4O/c1-11-18-15(20-19-11)8-10-17-13-6-3-2-5-12(13)14-7-4-9-16-14/h12-14,16-17H,2-10H2,1H3. The molecule has 2 heterocycles. The predicted octanol–water partition coefficient (Wildman–Crippen LogP) is 1.82.